The fourth-order valence-electron chi connectivity index (χ4n) is 5.54. The van der Waals surface area contributed by atoms with E-state index in [0.717, 1.165) is 46.9 Å². The van der Waals surface area contributed by atoms with Crippen molar-refractivity contribution in [2.45, 2.75) is 51.1 Å². The topological polar surface area (TPSA) is 96.8 Å². The maximum atomic E-state index is 12.3. The minimum absolute atomic E-state index is 0.389. The first-order valence-corrected chi connectivity index (χ1v) is 12.2. The van der Waals surface area contributed by atoms with Crippen LogP contribution in [0.3, 0.4) is 0 Å². The third kappa shape index (κ3) is 3.83. The molecule has 1 heterocycles. The highest BCUT2D eigenvalue weighted by atomic mass is 16.4. The minimum atomic E-state index is -0.903. The van der Waals surface area contributed by atoms with Gasteiger partial charge >= 0.3 is 6.09 Å². The summed E-state index contributed by atoms with van der Waals surface area (Å²) in [6.45, 7) is 5.82. The largest absolute Gasteiger partial charge is 0.465 e. The molecule has 6 heteroatoms. The smallest absolute Gasteiger partial charge is 0.408 e. The number of hydrogen-bond donors (Lipinski definition) is 2. The van der Waals surface area contributed by atoms with Gasteiger partial charge in [-0.2, -0.15) is 0 Å². The number of furan rings is 1. The van der Waals surface area contributed by atoms with Crippen LogP contribution in [0.15, 0.2) is 77.2 Å². The Balaban J connectivity index is 1.63. The molecule has 0 atom stereocenters. The monoisotopic (exact) mass is 482 g/mol. The number of carboxylic acid groups (broad SMARTS) is 1. The third-order valence-electron chi connectivity index (χ3n) is 7.19. The van der Waals surface area contributed by atoms with E-state index in [1.807, 2.05) is 81.4 Å². The maximum Gasteiger partial charge on any atom is 0.408 e. The van der Waals surface area contributed by atoms with Gasteiger partial charge < -0.3 is 15.3 Å². The number of nitrogens with two attached hydrogens (primary N) is 1. The Morgan fingerprint density at radius 2 is 1.61 bits per heavy atom. The van der Waals surface area contributed by atoms with Crippen molar-refractivity contribution >= 4 is 23.0 Å². The van der Waals surface area contributed by atoms with Gasteiger partial charge in [0, 0.05) is 27.6 Å². The molecule has 1 aliphatic carbocycles. The standard InChI is InChI=1S/C30H30N2O4/c1-29(2,3)32(28(34)35)30(16-7-17-30)22-13-10-20(11-14-22)26-25(19-8-5-4-6-9-19)23-15-12-21(27(31)33)18-24(23)36-26/h4-6,8-15,18H,7,16-17H2,1-3H3,(H2,31,33)(H,34,35). The second kappa shape index (κ2) is 8.55. The van der Waals surface area contributed by atoms with Gasteiger partial charge in [-0.15, -0.1) is 0 Å². The van der Waals surface area contributed by atoms with Crippen LogP contribution < -0.4 is 5.73 Å². The molecule has 0 bridgehead atoms. The minimum Gasteiger partial charge on any atom is -0.465 e. The molecule has 0 aliphatic heterocycles. The lowest BCUT2D eigenvalue weighted by molar-refractivity contribution is -0.0328. The zero-order chi connectivity index (χ0) is 25.7. The predicted octanol–water partition coefficient (Wildman–Crippen LogP) is 7.02. The molecular formula is C30H30N2O4. The highest BCUT2D eigenvalue weighted by Gasteiger charge is 2.50. The summed E-state index contributed by atoms with van der Waals surface area (Å²) < 4.78 is 6.32. The van der Waals surface area contributed by atoms with Crippen LogP contribution in [0.1, 0.15) is 56.0 Å². The van der Waals surface area contributed by atoms with Crippen LogP contribution in [-0.4, -0.2) is 27.5 Å². The first kappa shape index (κ1) is 23.7. The Labute approximate surface area is 210 Å². The molecule has 5 rings (SSSR count). The summed E-state index contributed by atoms with van der Waals surface area (Å²) in [4.78, 5) is 25.7. The van der Waals surface area contributed by atoms with Crippen molar-refractivity contribution in [2.75, 3.05) is 0 Å². The molecule has 0 unspecified atom stereocenters. The number of amides is 2. The summed E-state index contributed by atoms with van der Waals surface area (Å²) in [7, 11) is 0. The van der Waals surface area contributed by atoms with Crippen LogP contribution in [0.5, 0.6) is 0 Å². The van der Waals surface area contributed by atoms with Crippen LogP contribution in [0, 0.1) is 0 Å². The van der Waals surface area contributed by atoms with Gasteiger partial charge in [-0.25, -0.2) is 4.79 Å². The van der Waals surface area contributed by atoms with E-state index in [0.29, 0.717) is 16.9 Å². The highest BCUT2D eigenvalue weighted by Crippen LogP contribution is 2.50. The Bertz CT molecular complexity index is 1440. The van der Waals surface area contributed by atoms with E-state index < -0.39 is 23.1 Å². The van der Waals surface area contributed by atoms with Gasteiger partial charge in [0.25, 0.3) is 0 Å². The van der Waals surface area contributed by atoms with Crippen molar-refractivity contribution < 1.29 is 19.1 Å². The maximum absolute atomic E-state index is 12.3. The van der Waals surface area contributed by atoms with E-state index >= 15 is 0 Å². The Kier molecular flexibility index (Phi) is 5.62. The highest BCUT2D eigenvalue weighted by molar-refractivity contribution is 6.04. The quantitative estimate of drug-likeness (QED) is 0.319. The number of rotatable bonds is 5. The number of carbonyl (C=O) groups excluding carboxylic acids is 1. The summed E-state index contributed by atoms with van der Waals surface area (Å²) in [6.07, 6.45) is 1.68. The molecule has 4 aromatic rings. The molecule has 1 aromatic heterocycles. The Morgan fingerprint density at radius 1 is 0.944 bits per heavy atom. The Morgan fingerprint density at radius 3 is 2.14 bits per heavy atom. The molecule has 0 spiro atoms. The summed E-state index contributed by atoms with van der Waals surface area (Å²) in [6, 6.07) is 23.3. The van der Waals surface area contributed by atoms with E-state index in [-0.39, 0.29) is 0 Å². The molecule has 0 radical (unpaired) electrons. The third-order valence-corrected chi connectivity index (χ3v) is 7.19. The molecule has 3 N–H and O–H groups in total. The van der Waals surface area contributed by atoms with Crippen molar-refractivity contribution in [3.8, 4) is 22.5 Å². The fourth-order valence-corrected chi connectivity index (χ4v) is 5.54. The van der Waals surface area contributed by atoms with Gasteiger partial charge in [-0.05, 0) is 69.4 Å². The first-order chi connectivity index (χ1) is 17.1. The van der Waals surface area contributed by atoms with E-state index in [1.165, 1.54) is 0 Å². The molecule has 6 nitrogen and oxygen atoms in total. The van der Waals surface area contributed by atoms with Crippen molar-refractivity contribution in [2.24, 2.45) is 5.73 Å². The van der Waals surface area contributed by atoms with Gasteiger partial charge in [0.05, 0.1) is 5.54 Å². The van der Waals surface area contributed by atoms with Crippen molar-refractivity contribution in [3.05, 3.63) is 83.9 Å². The average Bonchev–Trinajstić information content (AvgIpc) is 3.19. The van der Waals surface area contributed by atoms with E-state index in [9.17, 15) is 14.7 Å². The molecule has 1 fully saturated rings. The van der Waals surface area contributed by atoms with Gasteiger partial charge in [0.1, 0.15) is 11.3 Å². The first-order valence-electron chi connectivity index (χ1n) is 12.2. The molecule has 184 valence electrons. The van der Waals surface area contributed by atoms with Crippen LogP contribution in [0.4, 0.5) is 4.79 Å². The Hall–Kier alpha value is -4.06. The van der Waals surface area contributed by atoms with Crippen molar-refractivity contribution in [1.82, 2.24) is 4.90 Å². The van der Waals surface area contributed by atoms with Crippen LogP contribution in [-0.2, 0) is 5.54 Å². The number of hydrogen-bond acceptors (Lipinski definition) is 3. The van der Waals surface area contributed by atoms with E-state index in [1.54, 1.807) is 17.0 Å². The average molecular weight is 483 g/mol. The van der Waals surface area contributed by atoms with Gasteiger partial charge in [0.2, 0.25) is 5.91 Å². The van der Waals surface area contributed by atoms with Crippen LogP contribution >= 0.6 is 0 Å². The number of nitrogens with zero attached hydrogens (tertiary/aromatic N) is 1. The lowest BCUT2D eigenvalue weighted by Gasteiger charge is -2.54. The summed E-state index contributed by atoms with van der Waals surface area (Å²) in [5, 5.41) is 11.0. The van der Waals surface area contributed by atoms with Crippen molar-refractivity contribution in [1.29, 1.82) is 0 Å². The lowest BCUT2D eigenvalue weighted by Crippen LogP contribution is -2.60. The number of primary amides is 1. The molecule has 36 heavy (non-hydrogen) atoms. The zero-order valence-electron chi connectivity index (χ0n) is 20.7. The van der Waals surface area contributed by atoms with E-state index in [4.69, 9.17) is 10.2 Å². The fraction of sp³-hybridized carbons (Fsp3) is 0.267. The number of carbonyl (C=O) groups is 2. The second-order valence-electron chi connectivity index (χ2n) is 10.5. The van der Waals surface area contributed by atoms with Gasteiger partial charge in [-0.3, -0.25) is 9.69 Å². The predicted molar refractivity (Wildman–Crippen MR) is 141 cm³/mol. The lowest BCUT2D eigenvalue weighted by atomic mass is 9.69. The number of benzene rings is 3. The van der Waals surface area contributed by atoms with Crippen molar-refractivity contribution in [3.63, 3.8) is 0 Å². The van der Waals surface area contributed by atoms with Crippen LogP contribution in [0.2, 0.25) is 0 Å². The summed E-state index contributed by atoms with van der Waals surface area (Å²) in [5.41, 5.74) is 9.22. The molecule has 1 saturated carbocycles. The number of fused-ring (bicyclic) bond motifs is 1. The normalized spacial score (nSPS) is 14.9. The second-order valence-corrected chi connectivity index (χ2v) is 10.5. The van der Waals surface area contributed by atoms with Gasteiger partial charge in [0.15, 0.2) is 0 Å². The van der Waals surface area contributed by atoms with Crippen LogP contribution in [0.25, 0.3) is 33.4 Å². The molecule has 2 amide bonds. The zero-order valence-corrected chi connectivity index (χ0v) is 20.7. The molecule has 3 aromatic carbocycles. The molecular weight excluding hydrogens is 452 g/mol. The van der Waals surface area contributed by atoms with E-state index in [2.05, 4.69) is 0 Å². The van der Waals surface area contributed by atoms with Gasteiger partial charge in [-0.1, -0.05) is 54.6 Å². The summed E-state index contributed by atoms with van der Waals surface area (Å²) >= 11 is 0. The molecule has 1 aliphatic rings. The molecule has 0 saturated heterocycles. The summed E-state index contributed by atoms with van der Waals surface area (Å²) in [5.74, 6) is 0.186. The SMILES string of the molecule is CC(C)(C)N(C(=O)O)C1(c2ccc(-c3oc4cc(C(N)=O)ccc4c3-c3ccccc3)cc2)CCC1.